The Labute approximate surface area is 124 Å². The molecule has 0 bridgehead atoms. The van der Waals surface area contributed by atoms with Gasteiger partial charge in [-0.05, 0) is 30.6 Å². The number of rotatable bonds is 3. The van der Waals surface area contributed by atoms with Crippen molar-refractivity contribution in [2.24, 2.45) is 5.10 Å². The van der Waals surface area contributed by atoms with Gasteiger partial charge in [0.15, 0.2) is 5.65 Å². The minimum absolute atomic E-state index is 0.218. The highest BCUT2D eigenvalue weighted by atomic mass is 32.1. The predicted molar refractivity (Wildman–Crippen MR) is 82.4 cm³/mol. The van der Waals surface area contributed by atoms with Crippen molar-refractivity contribution < 1.29 is 0 Å². The van der Waals surface area contributed by atoms with Crippen LogP contribution in [0.3, 0.4) is 0 Å². The Kier molecular flexibility index (Phi) is 2.81. The van der Waals surface area contributed by atoms with Crippen molar-refractivity contribution in [1.82, 2.24) is 24.4 Å². The topological polar surface area (TPSA) is 79.5 Å². The molecule has 1 aliphatic rings. The van der Waals surface area contributed by atoms with Gasteiger partial charge in [0, 0.05) is 30.4 Å². The molecule has 1 unspecified atom stereocenters. The van der Waals surface area contributed by atoms with Gasteiger partial charge in [0.25, 0.3) is 0 Å². The highest BCUT2D eigenvalue weighted by Crippen LogP contribution is 2.25. The SMILES string of the molecule is Cc1cc(Nc2ccnc3c(C4C=NNC4)cnn23)sn1. The molecule has 1 atom stereocenters. The molecule has 0 radical (unpaired) electrons. The van der Waals surface area contributed by atoms with E-state index in [0.29, 0.717) is 0 Å². The van der Waals surface area contributed by atoms with Crippen LogP contribution in [0.25, 0.3) is 5.65 Å². The van der Waals surface area contributed by atoms with Crippen LogP contribution in [-0.4, -0.2) is 31.7 Å². The zero-order valence-electron chi connectivity index (χ0n) is 11.3. The zero-order valence-corrected chi connectivity index (χ0v) is 12.1. The van der Waals surface area contributed by atoms with Crippen LogP contribution in [0.5, 0.6) is 0 Å². The summed E-state index contributed by atoms with van der Waals surface area (Å²) >= 11 is 1.43. The second-order valence-electron chi connectivity index (χ2n) is 4.87. The second-order valence-corrected chi connectivity index (χ2v) is 5.67. The van der Waals surface area contributed by atoms with Crippen molar-refractivity contribution in [1.29, 1.82) is 0 Å². The number of hydrazone groups is 1. The molecule has 8 heteroatoms. The quantitative estimate of drug-likeness (QED) is 0.772. The summed E-state index contributed by atoms with van der Waals surface area (Å²) in [6, 6.07) is 3.91. The number of aryl methyl sites for hydroxylation is 1. The predicted octanol–water partition coefficient (Wildman–Crippen LogP) is 1.91. The minimum atomic E-state index is 0.218. The van der Waals surface area contributed by atoms with Crippen molar-refractivity contribution in [3.63, 3.8) is 0 Å². The summed E-state index contributed by atoms with van der Waals surface area (Å²) in [6.45, 7) is 2.76. The molecule has 4 rings (SSSR count). The maximum absolute atomic E-state index is 4.45. The summed E-state index contributed by atoms with van der Waals surface area (Å²) in [6.07, 6.45) is 5.54. The van der Waals surface area contributed by atoms with Crippen molar-refractivity contribution >= 4 is 34.2 Å². The van der Waals surface area contributed by atoms with Gasteiger partial charge in [0.1, 0.15) is 10.8 Å². The van der Waals surface area contributed by atoms with Crippen LogP contribution in [0.1, 0.15) is 17.2 Å². The molecule has 0 aromatic carbocycles. The summed E-state index contributed by atoms with van der Waals surface area (Å²) in [5, 5.41) is 12.8. The monoisotopic (exact) mass is 299 g/mol. The first-order valence-electron chi connectivity index (χ1n) is 6.60. The van der Waals surface area contributed by atoms with Crippen LogP contribution >= 0.6 is 11.5 Å². The number of fused-ring (bicyclic) bond motifs is 1. The van der Waals surface area contributed by atoms with E-state index in [-0.39, 0.29) is 5.92 Å². The lowest BCUT2D eigenvalue weighted by Crippen LogP contribution is -2.08. The van der Waals surface area contributed by atoms with Crippen LogP contribution < -0.4 is 10.7 Å². The number of nitrogens with one attached hydrogen (secondary N) is 2. The van der Waals surface area contributed by atoms with Crippen molar-refractivity contribution in [3.05, 3.63) is 35.8 Å². The van der Waals surface area contributed by atoms with Gasteiger partial charge in [-0.25, -0.2) is 4.98 Å². The third-order valence-corrected chi connectivity index (χ3v) is 4.16. The first kappa shape index (κ1) is 12.3. The molecule has 0 saturated heterocycles. The molecule has 7 nitrogen and oxygen atoms in total. The third-order valence-electron chi connectivity index (χ3n) is 3.36. The molecular formula is C13H13N7S. The van der Waals surface area contributed by atoms with E-state index in [2.05, 4.69) is 30.3 Å². The molecule has 106 valence electrons. The van der Waals surface area contributed by atoms with Gasteiger partial charge in [-0.2, -0.15) is 19.1 Å². The van der Waals surface area contributed by atoms with Crippen molar-refractivity contribution in [2.45, 2.75) is 12.8 Å². The first-order chi connectivity index (χ1) is 10.3. The Hall–Kier alpha value is -2.48. The van der Waals surface area contributed by atoms with Gasteiger partial charge in [-0.3, -0.25) is 0 Å². The lowest BCUT2D eigenvalue weighted by molar-refractivity contribution is 0.766. The third kappa shape index (κ3) is 2.13. The number of aromatic nitrogens is 4. The number of nitrogens with zero attached hydrogens (tertiary/aromatic N) is 5. The van der Waals surface area contributed by atoms with Gasteiger partial charge in [0.05, 0.1) is 11.9 Å². The Morgan fingerprint density at radius 3 is 3.19 bits per heavy atom. The lowest BCUT2D eigenvalue weighted by atomic mass is 10.1. The molecule has 0 saturated carbocycles. The Bertz CT molecular complexity index is 819. The Morgan fingerprint density at radius 2 is 2.43 bits per heavy atom. The van der Waals surface area contributed by atoms with Gasteiger partial charge in [-0.1, -0.05) is 0 Å². The minimum Gasteiger partial charge on any atom is -0.331 e. The molecule has 0 aliphatic carbocycles. The zero-order chi connectivity index (χ0) is 14.2. The summed E-state index contributed by atoms with van der Waals surface area (Å²) in [4.78, 5) is 4.45. The standard InChI is InChI=1S/C13H13N7S/c1-8-4-12(21-19-8)18-11-2-3-14-13-10(7-17-20(11)13)9-5-15-16-6-9/h2-5,7,9,16,18H,6H2,1H3. The molecule has 0 amide bonds. The van der Waals surface area contributed by atoms with E-state index in [0.717, 1.165) is 34.3 Å². The molecule has 1 aliphatic heterocycles. The molecule has 3 aromatic rings. The highest BCUT2D eigenvalue weighted by Gasteiger charge is 2.19. The van der Waals surface area contributed by atoms with Gasteiger partial charge in [-0.15, -0.1) is 0 Å². The van der Waals surface area contributed by atoms with E-state index in [1.807, 2.05) is 36.0 Å². The molecular weight excluding hydrogens is 286 g/mol. The van der Waals surface area contributed by atoms with Crippen LogP contribution in [0.2, 0.25) is 0 Å². The van der Waals surface area contributed by atoms with E-state index < -0.39 is 0 Å². The number of anilines is 2. The van der Waals surface area contributed by atoms with E-state index in [4.69, 9.17) is 0 Å². The second kappa shape index (κ2) is 4.81. The van der Waals surface area contributed by atoms with Gasteiger partial charge < -0.3 is 10.7 Å². The molecule has 0 spiro atoms. The van der Waals surface area contributed by atoms with Crippen LogP contribution in [0, 0.1) is 6.92 Å². The van der Waals surface area contributed by atoms with E-state index in [9.17, 15) is 0 Å². The summed E-state index contributed by atoms with van der Waals surface area (Å²) in [5.74, 6) is 1.09. The average Bonchev–Trinajstić information content (AvgIpc) is 3.18. The molecule has 4 heterocycles. The normalized spacial score (nSPS) is 17.3. The fourth-order valence-electron chi connectivity index (χ4n) is 2.35. The maximum atomic E-state index is 4.45. The van der Waals surface area contributed by atoms with E-state index in [1.54, 1.807) is 6.20 Å². The molecule has 2 N–H and O–H groups in total. The lowest BCUT2D eigenvalue weighted by Gasteiger charge is -2.06. The number of hydrogen-bond acceptors (Lipinski definition) is 7. The van der Waals surface area contributed by atoms with E-state index >= 15 is 0 Å². The maximum Gasteiger partial charge on any atom is 0.161 e. The average molecular weight is 299 g/mol. The number of hydrogen-bond donors (Lipinski definition) is 2. The molecule has 0 fully saturated rings. The summed E-state index contributed by atoms with van der Waals surface area (Å²) < 4.78 is 6.09. The van der Waals surface area contributed by atoms with Crippen LogP contribution in [-0.2, 0) is 0 Å². The van der Waals surface area contributed by atoms with Gasteiger partial charge in [0.2, 0.25) is 0 Å². The van der Waals surface area contributed by atoms with Crippen LogP contribution in [0.4, 0.5) is 10.8 Å². The fraction of sp³-hybridized carbons (Fsp3) is 0.231. The molecule has 21 heavy (non-hydrogen) atoms. The smallest absolute Gasteiger partial charge is 0.161 e. The highest BCUT2D eigenvalue weighted by molar-refractivity contribution is 7.10. The van der Waals surface area contributed by atoms with Crippen LogP contribution in [0.15, 0.2) is 29.6 Å². The van der Waals surface area contributed by atoms with E-state index in [1.165, 1.54) is 11.5 Å². The van der Waals surface area contributed by atoms with Crippen molar-refractivity contribution in [2.75, 3.05) is 11.9 Å². The first-order valence-corrected chi connectivity index (χ1v) is 7.37. The Morgan fingerprint density at radius 1 is 1.48 bits per heavy atom. The largest absolute Gasteiger partial charge is 0.331 e. The van der Waals surface area contributed by atoms with Crippen molar-refractivity contribution in [3.8, 4) is 0 Å². The Balaban J connectivity index is 1.75. The van der Waals surface area contributed by atoms with Gasteiger partial charge >= 0.3 is 0 Å². The molecule has 3 aromatic heterocycles. The summed E-state index contributed by atoms with van der Waals surface area (Å²) in [7, 11) is 0. The fourth-order valence-corrected chi connectivity index (χ4v) is 3.02. The summed E-state index contributed by atoms with van der Waals surface area (Å²) in [5.41, 5.74) is 5.89.